The number of hydrogen-bond acceptors (Lipinski definition) is 2. The number of rotatable bonds is 5. The van der Waals surface area contributed by atoms with E-state index in [0.717, 1.165) is 5.75 Å². The molecular weight excluding hydrogens is 220 g/mol. The van der Waals surface area contributed by atoms with Gasteiger partial charge in [0.2, 0.25) is 0 Å². The predicted octanol–water partition coefficient (Wildman–Crippen LogP) is 3.18. The van der Waals surface area contributed by atoms with E-state index in [1.165, 1.54) is 16.7 Å². The second kappa shape index (κ2) is 5.75. The first-order valence-corrected chi connectivity index (χ1v) is 6.20. The molecule has 0 aliphatic rings. The molecule has 86 valence electrons. The van der Waals surface area contributed by atoms with E-state index in [1.807, 2.05) is 0 Å². The first kappa shape index (κ1) is 12.8. The molecule has 0 spiro atoms. The van der Waals surface area contributed by atoms with Crippen LogP contribution in [-0.2, 0) is 10.5 Å². The average Bonchev–Trinajstić information content (AvgIpc) is 2.15. The third-order valence-corrected chi connectivity index (χ3v) is 3.22. The van der Waals surface area contributed by atoms with Gasteiger partial charge in [-0.1, -0.05) is 35.9 Å². The highest BCUT2D eigenvalue weighted by Crippen LogP contribution is 2.17. The number of aliphatic carboxylic acids is 1. The van der Waals surface area contributed by atoms with E-state index in [4.69, 9.17) is 5.11 Å². The molecule has 0 fully saturated rings. The van der Waals surface area contributed by atoms with Crippen molar-refractivity contribution in [3.8, 4) is 0 Å². The summed E-state index contributed by atoms with van der Waals surface area (Å²) >= 11 is 1.58. The van der Waals surface area contributed by atoms with Crippen LogP contribution in [0.1, 0.15) is 16.7 Å². The van der Waals surface area contributed by atoms with Gasteiger partial charge in [0.05, 0.1) is 0 Å². The monoisotopic (exact) mass is 236 g/mol. The fourth-order valence-electron chi connectivity index (χ4n) is 1.51. The fourth-order valence-corrected chi connectivity index (χ4v) is 2.38. The zero-order chi connectivity index (χ0) is 12.1. The van der Waals surface area contributed by atoms with Crippen molar-refractivity contribution in [1.82, 2.24) is 0 Å². The van der Waals surface area contributed by atoms with Crippen LogP contribution < -0.4 is 0 Å². The van der Waals surface area contributed by atoms with Gasteiger partial charge in [-0.2, -0.15) is 11.8 Å². The normalized spacial score (nSPS) is 10.1. The Balaban J connectivity index is 2.49. The Bertz CT molecular complexity index is 390. The highest BCUT2D eigenvalue weighted by atomic mass is 32.2. The first-order valence-electron chi connectivity index (χ1n) is 5.05. The summed E-state index contributed by atoms with van der Waals surface area (Å²) in [6, 6.07) is 6.39. The van der Waals surface area contributed by atoms with Crippen LogP contribution in [0.5, 0.6) is 0 Å². The average molecular weight is 236 g/mol. The molecule has 0 amide bonds. The van der Waals surface area contributed by atoms with Gasteiger partial charge in [0.25, 0.3) is 0 Å². The fraction of sp³-hybridized carbons (Fsp3) is 0.308. The Morgan fingerprint density at radius 1 is 1.31 bits per heavy atom. The molecule has 0 aliphatic carbocycles. The zero-order valence-corrected chi connectivity index (χ0v) is 10.4. The van der Waals surface area contributed by atoms with Crippen molar-refractivity contribution in [1.29, 1.82) is 0 Å². The van der Waals surface area contributed by atoms with E-state index in [0.29, 0.717) is 5.75 Å². The van der Waals surface area contributed by atoms with Gasteiger partial charge in [0.1, 0.15) is 0 Å². The molecule has 16 heavy (non-hydrogen) atoms. The number of thioether (sulfide) groups is 1. The van der Waals surface area contributed by atoms with E-state index >= 15 is 0 Å². The van der Waals surface area contributed by atoms with Crippen LogP contribution in [0.2, 0.25) is 0 Å². The topological polar surface area (TPSA) is 37.3 Å². The van der Waals surface area contributed by atoms with Crippen molar-refractivity contribution in [3.05, 3.63) is 47.0 Å². The van der Waals surface area contributed by atoms with Gasteiger partial charge in [-0.15, -0.1) is 0 Å². The lowest BCUT2D eigenvalue weighted by Gasteiger charge is -2.05. The van der Waals surface area contributed by atoms with E-state index in [2.05, 4.69) is 38.6 Å². The molecule has 2 nitrogen and oxygen atoms in total. The number of benzene rings is 1. The molecule has 0 bridgehead atoms. The van der Waals surface area contributed by atoms with Gasteiger partial charge in [-0.3, -0.25) is 0 Å². The molecule has 3 heteroatoms. The molecule has 0 heterocycles. The SMILES string of the molecule is C=C(CSCc1cc(C)cc(C)c1)C(=O)O. The van der Waals surface area contributed by atoms with Gasteiger partial charge >= 0.3 is 5.97 Å². The maximum atomic E-state index is 10.5. The second-order valence-corrected chi connectivity index (χ2v) is 4.88. The third kappa shape index (κ3) is 4.11. The van der Waals surface area contributed by atoms with E-state index < -0.39 is 5.97 Å². The van der Waals surface area contributed by atoms with Crippen LogP contribution >= 0.6 is 11.8 Å². The van der Waals surface area contributed by atoms with Crippen molar-refractivity contribution in [2.45, 2.75) is 19.6 Å². The Labute approximate surface area is 100 Å². The highest BCUT2D eigenvalue weighted by Gasteiger charge is 2.04. The summed E-state index contributed by atoms with van der Waals surface area (Å²) in [7, 11) is 0. The third-order valence-electron chi connectivity index (χ3n) is 2.13. The van der Waals surface area contributed by atoms with Crippen molar-refractivity contribution in [2.75, 3.05) is 5.75 Å². The lowest BCUT2D eigenvalue weighted by atomic mass is 10.1. The maximum Gasteiger partial charge on any atom is 0.331 e. The van der Waals surface area contributed by atoms with Crippen LogP contribution in [0.15, 0.2) is 30.4 Å². The minimum Gasteiger partial charge on any atom is -0.478 e. The summed E-state index contributed by atoms with van der Waals surface area (Å²) in [5.74, 6) is 0.393. The van der Waals surface area contributed by atoms with Crippen molar-refractivity contribution >= 4 is 17.7 Å². The van der Waals surface area contributed by atoms with E-state index in [9.17, 15) is 4.79 Å². The van der Waals surface area contributed by atoms with Crippen LogP contribution in [0, 0.1) is 13.8 Å². The number of carbonyl (C=O) groups is 1. The molecule has 0 aromatic heterocycles. The molecule has 0 aliphatic heterocycles. The second-order valence-electron chi connectivity index (χ2n) is 3.90. The van der Waals surface area contributed by atoms with Gasteiger partial charge < -0.3 is 5.11 Å². The molecule has 1 N–H and O–H groups in total. The van der Waals surface area contributed by atoms with E-state index in [-0.39, 0.29) is 5.57 Å². The Morgan fingerprint density at radius 2 is 1.88 bits per heavy atom. The summed E-state index contributed by atoms with van der Waals surface area (Å²) in [6.45, 7) is 7.63. The smallest absolute Gasteiger partial charge is 0.331 e. The standard InChI is InChI=1S/C13H16O2S/c1-9-4-10(2)6-12(5-9)8-16-7-11(3)13(14)15/h4-6H,3,7-8H2,1-2H3,(H,14,15). The lowest BCUT2D eigenvalue weighted by molar-refractivity contribution is -0.132. The summed E-state index contributed by atoms with van der Waals surface area (Å²) in [6.07, 6.45) is 0. The number of carboxylic acids is 1. The Kier molecular flexibility index (Phi) is 4.62. The molecule has 0 saturated heterocycles. The number of aryl methyl sites for hydroxylation is 2. The van der Waals surface area contributed by atoms with E-state index in [1.54, 1.807) is 11.8 Å². The summed E-state index contributed by atoms with van der Waals surface area (Å²) in [5, 5.41) is 8.65. The zero-order valence-electron chi connectivity index (χ0n) is 9.62. The van der Waals surface area contributed by atoms with Crippen molar-refractivity contribution < 1.29 is 9.90 Å². The van der Waals surface area contributed by atoms with Gasteiger partial charge in [-0.05, 0) is 19.4 Å². The molecule has 1 aromatic rings. The van der Waals surface area contributed by atoms with Crippen molar-refractivity contribution in [2.24, 2.45) is 0 Å². The van der Waals surface area contributed by atoms with Gasteiger partial charge in [0, 0.05) is 17.1 Å². The minimum atomic E-state index is -0.909. The first-order chi connectivity index (χ1) is 7.49. The maximum absolute atomic E-state index is 10.5. The Morgan fingerprint density at radius 3 is 2.38 bits per heavy atom. The number of hydrogen-bond donors (Lipinski definition) is 1. The predicted molar refractivity (Wildman–Crippen MR) is 68.9 cm³/mol. The highest BCUT2D eigenvalue weighted by molar-refractivity contribution is 7.98. The van der Waals surface area contributed by atoms with Crippen LogP contribution in [0.3, 0.4) is 0 Å². The van der Waals surface area contributed by atoms with Gasteiger partial charge in [0.15, 0.2) is 0 Å². The van der Waals surface area contributed by atoms with Crippen molar-refractivity contribution in [3.63, 3.8) is 0 Å². The molecule has 0 atom stereocenters. The number of carboxylic acid groups (broad SMARTS) is 1. The molecule has 0 radical (unpaired) electrons. The quantitative estimate of drug-likeness (QED) is 0.798. The lowest BCUT2D eigenvalue weighted by Crippen LogP contribution is -2.01. The minimum absolute atomic E-state index is 0.259. The molecule has 1 aromatic carbocycles. The molecule has 0 unspecified atom stereocenters. The summed E-state index contributed by atoms with van der Waals surface area (Å²) < 4.78 is 0. The molecule has 1 rings (SSSR count). The van der Waals surface area contributed by atoms with Crippen LogP contribution in [0.25, 0.3) is 0 Å². The molecule has 0 saturated carbocycles. The summed E-state index contributed by atoms with van der Waals surface area (Å²) in [5.41, 5.74) is 3.98. The Hall–Kier alpha value is -1.22. The molecular formula is C13H16O2S. The largest absolute Gasteiger partial charge is 0.478 e. The van der Waals surface area contributed by atoms with Crippen LogP contribution in [0.4, 0.5) is 0 Å². The van der Waals surface area contributed by atoms with Crippen LogP contribution in [-0.4, -0.2) is 16.8 Å². The summed E-state index contributed by atoms with van der Waals surface area (Å²) in [4.78, 5) is 10.5. The van der Waals surface area contributed by atoms with Gasteiger partial charge in [-0.25, -0.2) is 4.79 Å².